The minimum Gasteiger partial charge on any atom is -0.371 e. The molecule has 0 aliphatic carbocycles. The average molecular weight is 394 g/mol. The van der Waals surface area contributed by atoms with Crippen molar-refractivity contribution >= 4 is 23.2 Å². The predicted molar refractivity (Wildman–Crippen MR) is 118 cm³/mol. The van der Waals surface area contributed by atoms with Gasteiger partial charge in [-0.1, -0.05) is 44.2 Å². The van der Waals surface area contributed by atoms with E-state index in [1.165, 1.54) is 5.56 Å². The van der Waals surface area contributed by atoms with E-state index in [4.69, 9.17) is 0 Å². The van der Waals surface area contributed by atoms with Crippen LogP contribution in [0.25, 0.3) is 0 Å². The first-order chi connectivity index (χ1) is 14.1. The normalized spacial score (nSPS) is 14.5. The van der Waals surface area contributed by atoms with Crippen molar-refractivity contribution in [2.24, 2.45) is 5.92 Å². The number of piperidine rings is 1. The summed E-state index contributed by atoms with van der Waals surface area (Å²) >= 11 is 0. The predicted octanol–water partition coefficient (Wildman–Crippen LogP) is 4.24. The summed E-state index contributed by atoms with van der Waals surface area (Å²) in [5.41, 5.74) is 3.44. The maximum atomic E-state index is 13.0. The number of amides is 2. The molecule has 1 saturated heterocycles. The zero-order chi connectivity index (χ0) is 20.6. The van der Waals surface area contributed by atoms with E-state index in [2.05, 4.69) is 34.6 Å². The molecule has 1 aliphatic rings. The second-order valence-corrected chi connectivity index (χ2v) is 7.79. The Morgan fingerprint density at radius 2 is 1.79 bits per heavy atom. The summed E-state index contributed by atoms with van der Waals surface area (Å²) in [4.78, 5) is 27.1. The van der Waals surface area contributed by atoms with Crippen molar-refractivity contribution in [2.75, 3.05) is 29.9 Å². The van der Waals surface area contributed by atoms with Crippen LogP contribution in [0.4, 0.5) is 11.4 Å². The lowest BCUT2D eigenvalue weighted by molar-refractivity contribution is -0.115. The van der Waals surface area contributed by atoms with Crippen LogP contribution in [-0.4, -0.2) is 31.4 Å². The molecule has 0 aromatic heterocycles. The third kappa shape index (κ3) is 5.83. The summed E-state index contributed by atoms with van der Waals surface area (Å²) < 4.78 is 0. The van der Waals surface area contributed by atoms with Gasteiger partial charge in [-0.05, 0) is 48.9 Å². The molecule has 0 unspecified atom stereocenters. The molecule has 0 radical (unpaired) electrons. The molecule has 1 heterocycles. The fourth-order valence-corrected chi connectivity index (χ4v) is 3.63. The van der Waals surface area contributed by atoms with E-state index >= 15 is 0 Å². The van der Waals surface area contributed by atoms with Gasteiger partial charge in [0.05, 0.1) is 5.56 Å². The Hall–Kier alpha value is -2.82. The molecule has 1 fully saturated rings. The number of anilines is 2. The lowest BCUT2D eigenvalue weighted by Gasteiger charge is -2.33. The summed E-state index contributed by atoms with van der Waals surface area (Å²) in [5, 5.41) is 5.92. The number of rotatable bonds is 7. The number of benzene rings is 2. The standard InChI is InChI=1S/C24H31N3O2/c1-3-23(28)26-20-9-10-22(27-15-12-18(2)13-16-27)21(17-20)24(29)25-14-11-19-7-5-4-6-8-19/h4-10,17-18H,3,11-16H2,1-2H3,(H,25,29)(H,26,28). The van der Waals surface area contributed by atoms with Crippen molar-refractivity contribution in [3.8, 4) is 0 Å². The first kappa shape index (κ1) is 20.9. The Morgan fingerprint density at radius 3 is 2.48 bits per heavy atom. The number of nitrogens with one attached hydrogen (secondary N) is 2. The van der Waals surface area contributed by atoms with Gasteiger partial charge in [-0.2, -0.15) is 0 Å². The van der Waals surface area contributed by atoms with E-state index in [0.717, 1.165) is 44.0 Å². The van der Waals surface area contributed by atoms with Crippen molar-refractivity contribution in [2.45, 2.75) is 39.5 Å². The van der Waals surface area contributed by atoms with Crippen molar-refractivity contribution in [1.82, 2.24) is 5.32 Å². The molecule has 0 saturated carbocycles. The zero-order valence-corrected chi connectivity index (χ0v) is 17.4. The molecule has 2 amide bonds. The first-order valence-corrected chi connectivity index (χ1v) is 10.6. The van der Waals surface area contributed by atoms with Crippen molar-refractivity contribution in [3.05, 3.63) is 59.7 Å². The van der Waals surface area contributed by atoms with Crippen LogP contribution in [0.5, 0.6) is 0 Å². The number of hydrogen-bond acceptors (Lipinski definition) is 3. The van der Waals surface area contributed by atoms with Crippen LogP contribution >= 0.6 is 0 Å². The number of carbonyl (C=O) groups is 2. The SMILES string of the molecule is CCC(=O)Nc1ccc(N2CCC(C)CC2)c(C(=O)NCCc2ccccc2)c1. The topological polar surface area (TPSA) is 61.4 Å². The second kappa shape index (κ2) is 10.1. The van der Waals surface area contributed by atoms with Gasteiger partial charge >= 0.3 is 0 Å². The van der Waals surface area contributed by atoms with E-state index in [0.29, 0.717) is 24.2 Å². The maximum Gasteiger partial charge on any atom is 0.253 e. The highest BCUT2D eigenvalue weighted by Crippen LogP contribution is 2.28. The lowest BCUT2D eigenvalue weighted by Crippen LogP contribution is -2.35. The Bertz CT molecular complexity index is 827. The number of hydrogen-bond donors (Lipinski definition) is 2. The molecule has 2 aromatic rings. The molecule has 1 aliphatic heterocycles. The fraction of sp³-hybridized carbons (Fsp3) is 0.417. The van der Waals surface area contributed by atoms with Gasteiger partial charge in [0.1, 0.15) is 0 Å². The molecule has 0 bridgehead atoms. The monoisotopic (exact) mass is 393 g/mol. The largest absolute Gasteiger partial charge is 0.371 e. The summed E-state index contributed by atoms with van der Waals surface area (Å²) in [6.07, 6.45) is 3.45. The van der Waals surface area contributed by atoms with Crippen molar-refractivity contribution in [3.63, 3.8) is 0 Å². The molecule has 154 valence electrons. The molecule has 2 aromatic carbocycles. The Morgan fingerprint density at radius 1 is 1.07 bits per heavy atom. The smallest absolute Gasteiger partial charge is 0.253 e. The van der Waals surface area contributed by atoms with Gasteiger partial charge in [-0.3, -0.25) is 9.59 Å². The van der Waals surface area contributed by atoms with Gasteiger partial charge in [0.25, 0.3) is 5.91 Å². The van der Waals surface area contributed by atoms with Gasteiger partial charge in [0.2, 0.25) is 5.91 Å². The van der Waals surface area contributed by atoms with Gasteiger partial charge in [0.15, 0.2) is 0 Å². The summed E-state index contributed by atoms with van der Waals surface area (Å²) in [6, 6.07) is 15.8. The van der Waals surface area contributed by atoms with Crippen LogP contribution in [0.3, 0.4) is 0 Å². The van der Waals surface area contributed by atoms with Crippen LogP contribution < -0.4 is 15.5 Å². The molecule has 0 atom stereocenters. The number of nitrogens with zero attached hydrogens (tertiary/aromatic N) is 1. The maximum absolute atomic E-state index is 13.0. The highest BCUT2D eigenvalue weighted by atomic mass is 16.2. The van der Waals surface area contributed by atoms with Crippen molar-refractivity contribution in [1.29, 1.82) is 0 Å². The second-order valence-electron chi connectivity index (χ2n) is 7.79. The van der Waals surface area contributed by atoms with Crippen LogP contribution in [0.2, 0.25) is 0 Å². The molecular formula is C24H31N3O2. The molecule has 3 rings (SSSR count). The van der Waals surface area contributed by atoms with Gasteiger partial charge in [-0.15, -0.1) is 0 Å². The first-order valence-electron chi connectivity index (χ1n) is 10.6. The van der Waals surface area contributed by atoms with E-state index in [1.54, 1.807) is 6.07 Å². The Kier molecular flexibility index (Phi) is 7.28. The third-order valence-electron chi connectivity index (χ3n) is 5.51. The molecule has 5 nitrogen and oxygen atoms in total. The summed E-state index contributed by atoms with van der Waals surface area (Å²) in [7, 11) is 0. The van der Waals surface area contributed by atoms with Crippen LogP contribution in [0.1, 0.15) is 49.0 Å². The fourth-order valence-electron chi connectivity index (χ4n) is 3.63. The minimum atomic E-state index is -0.0952. The minimum absolute atomic E-state index is 0.0556. The van der Waals surface area contributed by atoms with Crippen LogP contribution in [-0.2, 0) is 11.2 Å². The number of carbonyl (C=O) groups excluding carboxylic acids is 2. The van der Waals surface area contributed by atoms with Crippen LogP contribution in [0, 0.1) is 5.92 Å². The molecule has 2 N–H and O–H groups in total. The van der Waals surface area contributed by atoms with E-state index in [1.807, 2.05) is 37.3 Å². The zero-order valence-electron chi connectivity index (χ0n) is 17.4. The van der Waals surface area contributed by atoms with Gasteiger partial charge in [0, 0.05) is 37.4 Å². The average Bonchev–Trinajstić information content (AvgIpc) is 2.75. The molecular weight excluding hydrogens is 362 g/mol. The van der Waals surface area contributed by atoms with E-state index in [9.17, 15) is 9.59 Å². The van der Waals surface area contributed by atoms with Gasteiger partial charge < -0.3 is 15.5 Å². The summed E-state index contributed by atoms with van der Waals surface area (Å²) in [6.45, 7) is 6.57. The van der Waals surface area contributed by atoms with Crippen LogP contribution in [0.15, 0.2) is 48.5 Å². The summed E-state index contributed by atoms with van der Waals surface area (Å²) in [5.74, 6) is 0.569. The Labute approximate surface area is 173 Å². The Balaban J connectivity index is 1.75. The lowest BCUT2D eigenvalue weighted by atomic mass is 9.97. The molecule has 0 spiro atoms. The van der Waals surface area contributed by atoms with Crippen molar-refractivity contribution < 1.29 is 9.59 Å². The van der Waals surface area contributed by atoms with E-state index < -0.39 is 0 Å². The quantitative estimate of drug-likeness (QED) is 0.739. The van der Waals surface area contributed by atoms with Gasteiger partial charge in [-0.25, -0.2) is 0 Å². The van der Waals surface area contributed by atoms with E-state index in [-0.39, 0.29) is 11.8 Å². The third-order valence-corrected chi connectivity index (χ3v) is 5.51. The highest BCUT2D eigenvalue weighted by Gasteiger charge is 2.21. The highest BCUT2D eigenvalue weighted by molar-refractivity contribution is 6.02. The molecule has 29 heavy (non-hydrogen) atoms. The molecule has 5 heteroatoms.